The lowest BCUT2D eigenvalue weighted by molar-refractivity contribution is -0.192. The maximum Gasteiger partial charge on any atom is 0.416 e. The van der Waals surface area contributed by atoms with Gasteiger partial charge in [-0.1, -0.05) is 32.4 Å². The molecule has 0 aromatic heterocycles. The standard InChI is InChI=1S/C28H40F3N3O2/c1-19(2)25-18-36-27-13-12-24(15-22(27)10-11-26(35)34(25)27)33(17-23-5-3-4-14-32-23)16-20-6-8-21(9-7-20)28(29,30)31/h6-9,19,22-25,32H,3-5,10-18H2,1-2H3/t22-,23?,24+,25-,27-/m1/s1. The molecule has 1 saturated carbocycles. The third-order valence-electron chi connectivity index (χ3n) is 9.07. The second kappa shape index (κ2) is 10.3. The summed E-state index contributed by atoms with van der Waals surface area (Å²) in [5.41, 5.74) is -0.155. The Hall–Kier alpha value is -1.64. The van der Waals surface area contributed by atoms with Gasteiger partial charge in [0.2, 0.25) is 5.91 Å². The molecule has 4 aliphatic rings. The first-order chi connectivity index (χ1) is 17.2. The van der Waals surface area contributed by atoms with Gasteiger partial charge in [0.15, 0.2) is 0 Å². The summed E-state index contributed by atoms with van der Waals surface area (Å²) in [6.45, 7) is 7.50. The summed E-state index contributed by atoms with van der Waals surface area (Å²) < 4.78 is 45.8. The quantitative estimate of drug-likeness (QED) is 0.576. The second-order valence-corrected chi connectivity index (χ2v) is 11.7. The number of piperidine rings is 2. The van der Waals surface area contributed by atoms with Crippen LogP contribution in [0.4, 0.5) is 13.2 Å². The molecule has 8 heteroatoms. The second-order valence-electron chi connectivity index (χ2n) is 11.7. The van der Waals surface area contributed by atoms with Crippen molar-refractivity contribution < 1.29 is 22.7 Å². The molecular weight excluding hydrogens is 467 g/mol. The van der Waals surface area contributed by atoms with Gasteiger partial charge in [0.25, 0.3) is 0 Å². The summed E-state index contributed by atoms with van der Waals surface area (Å²) in [6, 6.07) is 6.53. The Bertz CT molecular complexity index is 916. The number of hydrogen-bond acceptors (Lipinski definition) is 4. The van der Waals surface area contributed by atoms with E-state index in [1.165, 1.54) is 25.0 Å². The van der Waals surface area contributed by atoms with Gasteiger partial charge in [-0.2, -0.15) is 13.2 Å². The van der Waals surface area contributed by atoms with Gasteiger partial charge in [-0.05, 0) is 68.7 Å². The number of benzene rings is 1. The number of carbonyl (C=O) groups is 1. The van der Waals surface area contributed by atoms with E-state index >= 15 is 0 Å². The lowest BCUT2D eigenvalue weighted by Crippen LogP contribution is -2.63. The van der Waals surface area contributed by atoms with Gasteiger partial charge in [0.05, 0.1) is 18.2 Å². The van der Waals surface area contributed by atoms with Crippen molar-refractivity contribution in [1.29, 1.82) is 0 Å². The maximum absolute atomic E-state index is 13.1. The molecule has 0 radical (unpaired) electrons. The first kappa shape index (κ1) is 26.0. The summed E-state index contributed by atoms with van der Waals surface area (Å²) in [6.07, 6.45) is 3.37. The van der Waals surface area contributed by atoms with Crippen LogP contribution >= 0.6 is 0 Å². The number of carbonyl (C=O) groups excluding carboxylic acids is 1. The molecule has 1 aromatic rings. The molecule has 3 saturated heterocycles. The van der Waals surface area contributed by atoms with Crippen LogP contribution in [-0.4, -0.2) is 59.3 Å². The van der Waals surface area contributed by atoms with Gasteiger partial charge in [0.1, 0.15) is 5.72 Å². The molecule has 1 N–H and O–H groups in total. The normalized spacial score (nSPS) is 33.2. The van der Waals surface area contributed by atoms with Crippen molar-refractivity contribution in [1.82, 2.24) is 15.1 Å². The van der Waals surface area contributed by atoms with Crippen molar-refractivity contribution in [3.8, 4) is 0 Å². The summed E-state index contributed by atoms with van der Waals surface area (Å²) >= 11 is 0. The molecule has 36 heavy (non-hydrogen) atoms. The number of amides is 1. The van der Waals surface area contributed by atoms with Gasteiger partial charge in [-0.3, -0.25) is 9.69 Å². The van der Waals surface area contributed by atoms with Crippen LogP contribution in [0.5, 0.6) is 0 Å². The Labute approximate surface area is 212 Å². The number of halogens is 3. The summed E-state index contributed by atoms with van der Waals surface area (Å²) in [7, 11) is 0. The molecule has 1 aromatic carbocycles. The molecular formula is C28H40F3N3O2. The number of nitrogens with one attached hydrogen (secondary N) is 1. The number of hydrogen-bond donors (Lipinski definition) is 1. The average Bonchev–Trinajstić information content (AvgIpc) is 3.25. The monoisotopic (exact) mass is 507 g/mol. The van der Waals surface area contributed by atoms with Crippen molar-refractivity contribution >= 4 is 5.91 Å². The highest BCUT2D eigenvalue weighted by atomic mass is 19.4. The Kier molecular flexibility index (Phi) is 7.40. The molecule has 1 aliphatic carbocycles. The number of nitrogens with zero attached hydrogens (tertiary/aromatic N) is 2. The largest absolute Gasteiger partial charge is 0.416 e. The first-order valence-electron chi connectivity index (χ1n) is 13.8. The highest BCUT2D eigenvalue weighted by molar-refractivity contribution is 5.78. The molecule has 1 spiro atoms. The predicted molar refractivity (Wildman–Crippen MR) is 132 cm³/mol. The number of alkyl halides is 3. The van der Waals surface area contributed by atoms with E-state index < -0.39 is 17.5 Å². The van der Waals surface area contributed by atoms with E-state index in [1.54, 1.807) is 12.1 Å². The van der Waals surface area contributed by atoms with Crippen molar-refractivity contribution in [2.75, 3.05) is 19.7 Å². The van der Waals surface area contributed by atoms with Gasteiger partial charge in [0, 0.05) is 37.5 Å². The number of ether oxygens (including phenoxy) is 1. The van der Waals surface area contributed by atoms with Crippen LogP contribution in [0.1, 0.15) is 76.3 Å². The molecule has 5 nitrogen and oxygen atoms in total. The van der Waals surface area contributed by atoms with E-state index in [9.17, 15) is 18.0 Å². The van der Waals surface area contributed by atoms with Crippen molar-refractivity contribution in [2.24, 2.45) is 11.8 Å². The van der Waals surface area contributed by atoms with E-state index in [-0.39, 0.29) is 11.9 Å². The smallest absolute Gasteiger partial charge is 0.353 e. The van der Waals surface area contributed by atoms with Crippen LogP contribution in [0.25, 0.3) is 0 Å². The molecule has 5 atom stereocenters. The molecule has 1 amide bonds. The van der Waals surface area contributed by atoms with Crippen LogP contribution in [0, 0.1) is 11.8 Å². The van der Waals surface area contributed by atoms with Crippen LogP contribution in [0.2, 0.25) is 0 Å². The Morgan fingerprint density at radius 1 is 1.17 bits per heavy atom. The molecule has 200 valence electrons. The minimum Gasteiger partial charge on any atom is -0.353 e. The summed E-state index contributed by atoms with van der Waals surface area (Å²) in [5.74, 6) is 0.888. The first-order valence-corrected chi connectivity index (χ1v) is 13.8. The Balaban J connectivity index is 1.34. The zero-order valence-electron chi connectivity index (χ0n) is 21.5. The molecule has 5 rings (SSSR count). The fraction of sp³-hybridized carbons (Fsp3) is 0.750. The van der Waals surface area contributed by atoms with Crippen LogP contribution < -0.4 is 5.32 Å². The van der Waals surface area contributed by atoms with Gasteiger partial charge >= 0.3 is 6.18 Å². The van der Waals surface area contributed by atoms with Crippen molar-refractivity contribution in [3.05, 3.63) is 35.4 Å². The minimum atomic E-state index is -4.32. The minimum absolute atomic E-state index is 0.145. The van der Waals surface area contributed by atoms with Crippen molar-refractivity contribution in [2.45, 2.75) is 102 Å². The van der Waals surface area contributed by atoms with Gasteiger partial charge in [-0.15, -0.1) is 0 Å². The Morgan fingerprint density at radius 3 is 2.61 bits per heavy atom. The fourth-order valence-corrected chi connectivity index (χ4v) is 7.09. The van der Waals surface area contributed by atoms with Crippen molar-refractivity contribution in [3.63, 3.8) is 0 Å². The molecule has 3 aliphatic heterocycles. The third kappa shape index (κ3) is 5.05. The fourth-order valence-electron chi connectivity index (χ4n) is 7.09. The maximum atomic E-state index is 13.1. The molecule has 4 fully saturated rings. The third-order valence-corrected chi connectivity index (χ3v) is 9.07. The number of rotatable bonds is 6. The Morgan fingerprint density at radius 2 is 1.94 bits per heavy atom. The summed E-state index contributed by atoms with van der Waals surface area (Å²) in [5, 5.41) is 3.65. The van der Waals surface area contributed by atoms with E-state index in [0.29, 0.717) is 43.5 Å². The van der Waals surface area contributed by atoms with E-state index in [0.717, 1.165) is 50.8 Å². The topological polar surface area (TPSA) is 44.8 Å². The van der Waals surface area contributed by atoms with Gasteiger partial charge < -0.3 is 15.0 Å². The lowest BCUT2D eigenvalue weighted by atomic mass is 9.72. The zero-order chi connectivity index (χ0) is 25.5. The average molecular weight is 508 g/mol. The van der Waals surface area contributed by atoms with E-state index in [4.69, 9.17) is 4.74 Å². The molecule has 0 bridgehead atoms. The highest BCUT2D eigenvalue weighted by Crippen LogP contribution is 2.51. The SMILES string of the molecule is CC(C)[C@H]1CO[C@]23CC[C@H](N(Cc4ccc(C(F)(F)F)cc4)CC4CCCCN4)C[C@H]2CCC(=O)N13. The van der Waals surface area contributed by atoms with Crippen LogP contribution in [0.3, 0.4) is 0 Å². The highest BCUT2D eigenvalue weighted by Gasteiger charge is 2.59. The van der Waals surface area contributed by atoms with Crippen LogP contribution in [0.15, 0.2) is 24.3 Å². The van der Waals surface area contributed by atoms with E-state index in [2.05, 4.69) is 29.0 Å². The molecule has 1 unspecified atom stereocenters. The van der Waals surface area contributed by atoms with Gasteiger partial charge in [-0.25, -0.2) is 0 Å². The van der Waals surface area contributed by atoms with Crippen LogP contribution in [-0.2, 0) is 22.3 Å². The van der Waals surface area contributed by atoms with E-state index in [1.807, 2.05) is 0 Å². The zero-order valence-corrected chi connectivity index (χ0v) is 21.5. The molecule has 3 heterocycles. The predicted octanol–water partition coefficient (Wildman–Crippen LogP) is 5.19. The summed E-state index contributed by atoms with van der Waals surface area (Å²) in [4.78, 5) is 17.6. The lowest BCUT2D eigenvalue weighted by Gasteiger charge is -2.54.